The average Bonchev–Trinajstić information content (AvgIpc) is 2.71. The third-order valence-electron chi connectivity index (χ3n) is 4.52. The van der Waals surface area contributed by atoms with Gasteiger partial charge in [0.2, 0.25) is 5.91 Å². The van der Waals surface area contributed by atoms with Crippen molar-refractivity contribution in [3.63, 3.8) is 0 Å². The summed E-state index contributed by atoms with van der Waals surface area (Å²) in [7, 11) is 0. The fourth-order valence-corrected chi connectivity index (χ4v) is 3.34. The SMILES string of the molecule is Cc1cc(NC(=O)CC(=O)O)cc(Cl)c1Oc1ccc(O)c(C(O)c2ccc(F)cc2)c1. The number of ether oxygens (including phenoxy) is 1. The number of aliphatic carboxylic acids is 1. The molecule has 0 aliphatic carbocycles. The molecule has 32 heavy (non-hydrogen) atoms. The van der Waals surface area contributed by atoms with Gasteiger partial charge >= 0.3 is 5.97 Å². The zero-order chi connectivity index (χ0) is 23.4. The predicted octanol–water partition coefficient (Wildman–Crippen LogP) is 4.78. The van der Waals surface area contributed by atoms with Gasteiger partial charge in [-0.2, -0.15) is 0 Å². The van der Waals surface area contributed by atoms with Crippen molar-refractivity contribution in [3.8, 4) is 17.2 Å². The smallest absolute Gasteiger partial charge is 0.312 e. The number of carboxylic acids is 1. The van der Waals surface area contributed by atoms with Gasteiger partial charge < -0.3 is 25.4 Å². The number of anilines is 1. The summed E-state index contributed by atoms with van der Waals surface area (Å²) in [5, 5.41) is 32.1. The Morgan fingerprint density at radius 2 is 1.81 bits per heavy atom. The summed E-state index contributed by atoms with van der Waals surface area (Å²) in [4.78, 5) is 22.3. The summed E-state index contributed by atoms with van der Waals surface area (Å²) in [5.74, 6) is -2.03. The number of carbonyl (C=O) groups excluding carboxylic acids is 1. The number of benzene rings is 3. The fourth-order valence-electron chi connectivity index (χ4n) is 3.03. The van der Waals surface area contributed by atoms with E-state index in [0.717, 1.165) is 0 Å². The van der Waals surface area contributed by atoms with Gasteiger partial charge in [-0.15, -0.1) is 0 Å². The molecule has 0 bridgehead atoms. The number of hydrogen-bond donors (Lipinski definition) is 4. The number of aromatic hydroxyl groups is 1. The first kappa shape index (κ1) is 23.1. The van der Waals surface area contributed by atoms with Crippen molar-refractivity contribution >= 4 is 29.2 Å². The van der Waals surface area contributed by atoms with E-state index < -0.39 is 30.2 Å². The maximum absolute atomic E-state index is 13.2. The summed E-state index contributed by atoms with van der Waals surface area (Å²) >= 11 is 6.29. The van der Waals surface area contributed by atoms with Gasteiger partial charge in [0.05, 0.1) is 5.02 Å². The van der Waals surface area contributed by atoms with Gasteiger partial charge in [-0.1, -0.05) is 23.7 Å². The van der Waals surface area contributed by atoms with Crippen LogP contribution in [-0.4, -0.2) is 27.2 Å². The highest BCUT2D eigenvalue weighted by Gasteiger charge is 2.18. The number of rotatable bonds is 7. The molecule has 3 rings (SSSR count). The Hall–Kier alpha value is -3.62. The molecule has 1 atom stereocenters. The number of aryl methyl sites for hydroxylation is 1. The van der Waals surface area contributed by atoms with Gasteiger partial charge in [0.1, 0.15) is 35.6 Å². The number of nitrogens with one attached hydrogen (secondary N) is 1. The van der Waals surface area contributed by atoms with Crippen LogP contribution in [0, 0.1) is 12.7 Å². The molecule has 7 nitrogen and oxygen atoms in total. The number of phenolic OH excluding ortho intramolecular Hbond substituents is 1. The van der Waals surface area contributed by atoms with Crippen LogP contribution in [0.4, 0.5) is 10.1 Å². The average molecular weight is 460 g/mol. The number of hydrogen-bond acceptors (Lipinski definition) is 5. The zero-order valence-corrected chi connectivity index (χ0v) is 17.6. The third-order valence-corrected chi connectivity index (χ3v) is 4.80. The van der Waals surface area contributed by atoms with Crippen LogP contribution in [0.3, 0.4) is 0 Å². The molecule has 0 aliphatic rings. The normalized spacial score (nSPS) is 11.6. The maximum Gasteiger partial charge on any atom is 0.312 e. The number of aliphatic hydroxyl groups excluding tert-OH is 1. The maximum atomic E-state index is 13.2. The van der Waals surface area contributed by atoms with Crippen molar-refractivity contribution in [1.82, 2.24) is 0 Å². The number of amides is 1. The first-order chi connectivity index (χ1) is 15.1. The molecule has 0 radical (unpaired) electrons. The lowest BCUT2D eigenvalue weighted by Crippen LogP contribution is -2.16. The van der Waals surface area contributed by atoms with Crippen LogP contribution >= 0.6 is 11.6 Å². The van der Waals surface area contributed by atoms with E-state index in [2.05, 4.69) is 5.32 Å². The summed E-state index contributed by atoms with van der Waals surface area (Å²) in [6, 6.07) is 12.5. The van der Waals surface area contributed by atoms with Crippen molar-refractivity contribution in [2.24, 2.45) is 0 Å². The number of carboxylic acid groups (broad SMARTS) is 1. The van der Waals surface area contributed by atoms with Gasteiger partial charge in [-0.05, 0) is 60.5 Å². The molecule has 0 aliphatic heterocycles. The van der Waals surface area contributed by atoms with E-state index in [0.29, 0.717) is 16.8 Å². The van der Waals surface area contributed by atoms with Crippen molar-refractivity contribution < 1.29 is 34.0 Å². The predicted molar refractivity (Wildman–Crippen MR) is 116 cm³/mol. The van der Waals surface area contributed by atoms with E-state index in [4.69, 9.17) is 21.4 Å². The Bertz CT molecular complexity index is 1140. The highest BCUT2D eigenvalue weighted by atomic mass is 35.5. The lowest BCUT2D eigenvalue weighted by atomic mass is 10.0. The molecule has 0 saturated carbocycles. The number of halogens is 2. The van der Waals surface area contributed by atoms with Gasteiger partial charge in [0.15, 0.2) is 0 Å². The molecular weight excluding hydrogens is 441 g/mol. The first-order valence-electron chi connectivity index (χ1n) is 9.40. The minimum atomic E-state index is -1.25. The molecule has 9 heteroatoms. The van der Waals surface area contributed by atoms with E-state index in [1.165, 1.54) is 48.5 Å². The topological polar surface area (TPSA) is 116 Å². The van der Waals surface area contributed by atoms with Crippen molar-refractivity contribution in [2.75, 3.05) is 5.32 Å². The monoisotopic (exact) mass is 459 g/mol. The fraction of sp³-hybridized carbons (Fsp3) is 0.130. The van der Waals surface area contributed by atoms with Crippen LogP contribution in [0.25, 0.3) is 0 Å². The Morgan fingerprint density at radius 1 is 1.12 bits per heavy atom. The zero-order valence-electron chi connectivity index (χ0n) is 16.8. The molecule has 0 heterocycles. The molecule has 0 aromatic heterocycles. The molecule has 1 unspecified atom stereocenters. The minimum Gasteiger partial charge on any atom is -0.508 e. The number of phenols is 1. The van der Waals surface area contributed by atoms with E-state index in [1.807, 2.05) is 0 Å². The molecular formula is C23H19ClFNO6. The molecule has 0 spiro atoms. The quantitative estimate of drug-likeness (QED) is 0.378. The number of aliphatic hydroxyl groups is 1. The van der Waals surface area contributed by atoms with E-state index in [1.54, 1.807) is 13.0 Å². The van der Waals surface area contributed by atoms with Crippen LogP contribution in [0.5, 0.6) is 17.2 Å². The Morgan fingerprint density at radius 3 is 2.44 bits per heavy atom. The molecule has 166 valence electrons. The molecule has 0 fully saturated rings. The van der Waals surface area contributed by atoms with Crippen LogP contribution in [0.2, 0.25) is 5.02 Å². The lowest BCUT2D eigenvalue weighted by Gasteiger charge is -2.17. The third kappa shape index (κ3) is 5.54. The van der Waals surface area contributed by atoms with Gasteiger partial charge in [-0.3, -0.25) is 9.59 Å². The van der Waals surface area contributed by atoms with Crippen molar-refractivity contribution in [2.45, 2.75) is 19.4 Å². The van der Waals surface area contributed by atoms with E-state index in [-0.39, 0.29) is 27.8 Å². The Balaban J connectivity index is 1.84. The second-order valence-corrected chi connectivity index (χ2v) is 7.41. The molecule has 0 saturated heterocycles. The molecule has 3 aromatic carbocycles. The first-order valence-corrected chi connectivity index (χ1v) is 9.78. The minimum absolute atomic E-state index is 0.153. The second-order valence-electron chi connectivity index (χ2n) is 7.00. The van der Waals surface area contributed by atoms with Crippen molar-refractivity contribution in [3.05, 3.63) is 82.1 Å². The molecule has 3 aromatic rings. The largest absolute Gasteiger partial charge is 0.508 e. The summed E-state index contributed by atoms with van der Waals surface area (Å²) in [6.45, 7) is 1.68. The molecule has 4 N–H and O–H groups in total. The standard InChI is InChI=1S/C23H19ClFNO6/c1-12-8-15(26-20(28)11-21(29)30)9-18(24)23(12)32-16-6-7-19(27)17(10-16)22(31)13-2-4-14(25)5-3-13/h2-10,22,27,31H,11H2,1H3,(H,26,28)(H,29,30). The van der Waals surface area contributed by atoms with Gasteiger partial charge in [0.25, 0.3) is 0 Å². The highest BCUT2D eigenvalue weighted by Crippen LogP contribution is 2.38. The van der Waals surface area contributed by atoms with Crippen LogP contribution in [-0.2, 0) is 9.59 Å². The Labute approximate surface area is 187 Å². The van der Waals surface area contributed by atoms with Crippen molar-refractivity contribution in [1.29, 1.82) is 0 Å². The summed E-state index contributed by atoms with van der Waals surface area (Å²) < 4.78 is 19.0. The summed E-state index contributed by atoms with van der Waals surface area (Å²) in [5.41, 5.74) is 1.40. The number of carbonyl (C=O) groups is 2. The van der Waals surface area contributed by atoms with E-state index in [9.17, 15) is 24.2 Å². The van der Waals surface area contributed by atoms with Gasteiger partial charge in [0, 0.05) is 11.3 Å². The van der Waals surface area contributed by atoms with Crippen LogP contribution in [0.15, 0.2) is 54.6 Å². The van der Waals surface area contributed by atoms with E-state index >= 15 is 0 Å². The van der Waals surface area contributed by atoms with Crippen LogP contribution < -0.4 is 10.1 Å². The van der Waals surface area contributed by atoms with Gasteiger partial charge in [-0.25, -0.2) is 4.39 Å². The summed E-state index contributed by atoms with van der Waals surface area (Å²) in [6.07, 6.45) is -1.90. The van der Waals surface area contributed by atoms with Crippen LogP contribution in [0.1, 0.15) is 29.2 Å². The molecule has 1 amide bonds. The second kappa shape index (κ2) is 9.67. The lowest BCUT2D eigenvalue weighted by molar-refractivity contribution is -0.139. The highest BCUT2D eigenvalue weighted by molar-refractivity contribution is 6.32. The Kier molecular flexibility index (Phi) is 6.97.